The van der Waals surface area contributed by atoms with E-state index in [0.717, 1.165) is 38.1 Å². The zero-order chi connectivity index (χ0) is 15.4. The molecule has 124 valence electrons. The van der Waals surface area contributed by atoms with Crippen LogP contribution >= 0.6 is 12.4 Å². The number of nitrogens with one attached hydrogen (secondary N) is 2. The quantitative estimate of drug-likeness (QED) is 0.889. The van der Waals surface area contributed by atoms with Crippen molar-refractivity contribution < 1.29 is 13.6 Å². The third kappa shape index (κ3) is 4.63. The largest absolute Gasteiger partial charge is 0.325 e. The number of benzene rings is 1. The van der Waals surface area contributed by atoms with Gasteiger partial charge in [0.05, 0.1) is 6.04 Å². The molecular formula is C15H22ClF2N3O. The van der Waals surface area contributed by atoms with E-state index in [9.17, 15) is 13.6 Å². The summed E-state index contributed by atoms with van der Waals surface area (Å²) in [4.78, 5) is 14.3. The molecule has 0 bridgehead atoms. The molecule has 0 spiro atoms. The first kappa shape index (κ1) is 18.8. The topological polar surface area (TPSA) is 44.4 Å². The third-order valence-electron chi connectivity index (χ3n) is 3.98. The Morgan fingerprint density at radius 1 is 1.36 bits per heavy atom. The number of amides is 1. The molecule has 2 rings (SSSR count). The Labute approximate surface area is 135 Å². The van der Waals surface area contributed by atoms with Crippen molar-refractivity contribution in [1.82, 2.24) is 10.2 Å². The Bertz CT molecular complexity index is 516. The number of likely N-dealkylation sites (tertiary alicyclic amines) is 1. The van der Waals surface area contributed by atoms with E-state index in [-0.39, 0.29) is 30.0 Å². The van der Waals surface area contributed by atoms with Gasteiger partial charge in [-0.25, -0.2) is 8.78 Å². The standard InChI is InChI=1S/C15H21F2N3O.ClH/c1-10(20-7-3-4-12(9-20)18-2)15(21)19-11-5-6-13(16)14(17)8-11;/h5-6,8,10,12,18H,3-4,7,9H2,1-2H3,(H,19,21);1H. The molecule has 0 aromatic heterocycles. The molecule has 2 N–H and O–H groups in total. The molecule has 4 nitrogen and oxygen atoms in total. The third-order valence-corrected chi connectivity index (χ3v) is 3.98. The van der Waals surface area contributed by atoms with Gasteiger partial charge < -0.3 is 10.6 Å². The molecule has 1 amide bonds. The van der Waals surface area contributed by atoms with Crippen LogP contribution in [0.4, 0.5) is 14.5 Å². The Balaban J connectivity index is 0.00000242. The van der Waals surface area contributed by atoms with Gasteiger partial charge in [-0.3, -0.25) is 9.69 Å². The molecular weight excluding hydrogens is 312 g/mol. The number of hydrogen-bond donors (Lipinski definition) is 2. The maximum atomic E-state index is 13.1. The van der Waals surface area contributed by atoms with Gasteiger partial charge in [-0.15, -0.1) is 12.4 Å². The molecule has 22 heavy (non-hydrogen) atoms. The Kier molecular flexibility index (Phi) is 7.19. The zero-order valence-corrected chi connectivity index (χ0v) is 13.6. The number of piperidine rings is 1. The highest BCUT2D eigenvalue weighted by Gasteiger charge is 2.26. The Hall–Kier alpha value is -1.24. The van der Waals surface area contributed by atoms with Crippen molar-refractivity contribution in [2.75, 3.05) is 25.5 Å². The van der Waals surface area contributed by atoms with Crippen LogP contribution in [0.25, 0.3) is 0 Å². The summed E-state index contributed by atoms with van der Waals surface area (Å²) in [5.74, 6) is -2.10. The predicted octanol–water partition coefficient (Wildman–Crippen LogP) is 2.40. The van der Waals surface area contributed by atoms with Crippen molar-refractivity contribution in [3.05, 3.63) is 29.8 Å². The van der Waals surface area contributed by atoms with E-state index in [4.69, 9.17) is 0 Å². The molecule has 1 aliphatic heterocycles. The van der Waals surface area contributed by atoms with Gasteiger partial charge in [-0.2, -0.15) is 0 Å². The van der Waals surface area contributed by atoms with Gasteiger partial charge in [0, 0.05) is 24.3 Å². The molecule has 0 aliphatic carbocycles. The molecule has 2 unspecified atom stereocenters. The van der Waals surface area contributed by atoms with Crippen LogP contribution in [-0.4, -0.2) is 43.0 Å². The van der Waals surface area contributed by atoms with Gasteiger partial charge in [0.1, 0.15) is 0 Å². The monoisotopic (exact) mass is 333 g/mol. The summed E-state index contributed by atoms with van der Waals surface area (Å²) in [5, 5.41) is 5.86. The first-order valence-electron chi connectivity index (χ1n) is 7.18. The number of nitrogens with zero attached hydrogens (tertiary/aromatic N) is 1. The average Bonchev–Trinajstić information content (AvgIpc) is 2.50. The minimum Gasteiger partial charge on any atom is -0.325 e. The van der Waals surface area contributed by atoms with Crippen LogP contribution in [-0.2, 0) is 4.79 Å². The normalized spacial score (nSPS) is 20.1. The van der Waals surface area contributed by atoms with Crippen LogP contribution in [0.2, 0.25) is 0 Å². The van der Waals surface area contributed by atoms with E-state index in [0.29, 0.717) is 6.04 Å². The second-order valence-corrected chi connectivity index (χ2v) is 5.42. The lowest BCUT2D eigenvalue weighted by molar-refractivity contribution is -0.121. The number of anilines is 1. The van der Waals surface area contributed by atoms with Crippen LogP contribution in [0.3, 0.4) is 0 Å². The molecule has 1 aromatic carbocycles. The van der Waals surface area contributed by atoms with Crippen molar-refractivity contribution >= 4 is 24.0 Å². The van der Waals surface area contributed by atoms with E-state index in [1.165, 1.54) is 6.07 Å². The summed E-state index contributed by atoms with van der Waals surface area (Å²) >= 11 is 0. The smallest absolute Gasteiger partial charge is 0.241 e. The lowest BCUT2D eigenvalue weighted by Gasteiger charge is -2.35. The molecule has 1 aromatic rings. The molecule has 1 saturated heterocycles. The van der Waals surface area contributed by atoms with Crippen molar-refractivity contribution in [3.63, 3.8) is 0 Å². The van der Waals surface area contributed by atoms with Crippen molar-refractivity contribution in [1.29, 1.82) is 0 Å². The fourth-order valence-electron chi connectivity index (χ4n) is 2.58. The number of rotatable bonds is 4. The van der Waals surface area contributed by atoms with E-state index < -0.39 is 11.6 Å². The van der Waals surface area contributed by atoms with Crippen LogP contribution in [0.1, 0.15) is 19.8 Å². The summed E-state index contributed by atoms with van der Waals surface area (Å²) in [7, 11) is 1.92. The summed E-state index contributed by atoms with van der Waals surface area (Å²) in [5.41, 5.74) is 0.271. The second kappa shape index (κ2) is 8.41. The maximum Gasteiger partial charge on any atom is 0.241 e. The molecule has 7 heteroatoms. The van der Waals surface area contributed by atoms with E-state index in [1.807, 2.05) is 14.0 Å². The molecule has 1 fully saturated rings. The lowest BCUT2D eigenvalue weighted by Crippen LogP contribution is -2.51. The minimum absolute atomic E-state index is 0. The Morgan fingerprint density at radius 2 is 2.09 bits per heavy atom. The number of halogens is 3. The van der Waals surface area contributed by atoms with Gasteiger partial charge in [0.25, 0.3) is 0 Å². The molecule has 2 atom stereocenters. The van der Waals surface area contributed by atoms with Gasteiger partial charge in [-0.05, 0) is 45.5 Å². The summed E-state index contributed by atoms with van der Waals surface area (Å²) in [6.45, 7) is 3.50. The highest BCUT2D eigenvalue weighted by atomic mass is 35.5. The molecule has 0 saturated carbocycles. The van der Waals surface area contributed by atoms with Crippen molar-refractivity contribution in [3.8, 4) is 0 Å². The van der Waals surface area contributed by atoms with Crippen LogP contribution in [0.15, 0.2) is 18.2 Å². The lowest BCUT2D eigenvalue weighted by atomic mass is 10.0. The predicted molar refractivity (Wildman–Crippen MR) is 85.4 cm³/mol. The summed E-state index contributed by atoms with van der Waals surface area (Å²) in [6, 6.07) is 3.43. The molecule has 1 heterocycles. The van der Waals surface area contributed by atoms with Crippen molar-refractivity contribution in [2.24, 2.45) is 0 Å². The fourth-order valence-corrected chi connectivity index (χ4v) is 2.58. The van der Waals surface area contributed by atoms with E-state index in [2.05, 4.69) is 15.5 Å². The highest BCUT2D eigenvalue weighted by Crippen LogP contribution is 2.16. The SMILES string of the molecule is CNC1CCCN(C(C)C(=O)Nc2ccc(F)c(F)c2)C1.Cl. The van der Waals surface area contributed by atoms with Gasteiger partial charge >= 0.3 is 0 Å². The Morgan fingerprint density at radius 3 is 2.73 bits per heavy atom. The highest BCUT2D eigenvalue weighted by molar-refractivity contribution is 5.94. The van der Waals surface area contributed by atoms with Gasteiger partial charge in [-0.1, -0.05) is 0 Å². The number of likely N-dealkylation sites (N-methyl/N-ethyl adjacent to an activating group) is 1. The molecule has 1 aliphatic rings. The van der Waals surface area contributed by atoms with Gasteiger partial charge in [0.15, 0.2) is 11.6 Å². The van der Waals surface area contributed by atoms with Crippen molar-refractivity contribution in [2.45, 2.75) is 31.8 Å². The number of carbonyl (C=O) groups is 1. The molecule has 0 radical (unpaired) electrons. The van der Waals surface area contributed by atoms with Crippen LogP contribution in [0, 0.1) is 11.6 Å². The summed E-state index contributed by atoms with van der Waals surface area (Å²) in [6.07, 6.45) is 2.14. The number of hydrogen-bond acceptors (Lipinski definition) is 3. The minimum atomic E-state index is -0.964. The van der Waals surface area contributed by atoms with E-state index in [1.54, 1.807) is 0 Å². The fraction of sp³-hybridized carbons (Fsp3) is 0.533. The first-order valence-corrected chi connectivity index (χ1v) is 7.18. The average molecular weight is 334 g/mol. The van der Waals surface area contributed by atoms with Gasteiger partial charge in [0.2, 0.25) is 5.91 Å². The first-order chi connectivity index (χ1) is 10.0. The zero-order valence-electron chi connectivity index (χ0n) is 12.7. The number of carbonyl (C=O) groups excluding carboxylic acids is 1. The second-order valence-electron chi connectivity index (χ2n) is 5.42. The summed E-state index contributed by atoms with van der Waals surface area (Å²) < 4.78 is 26.0. The van der Waals surface area contributed by atoms with Crippen LogP contribution in [0.5, 0.6) is 0 Å². The maximum absolute atomic E-state index is 13.1. The van der Waals surface area contributed by atoms with E-state index >= 15 is 0 Å². The van der Waals surface area contributed by atoms with Crippen LogP contribution < -0.4 is 10.6 Å².